The largest absolute Gasteiger partial charge is 0.352 e. The first-order valence-electron chi connectivity index (χ1n) is 9.33. The van der Waals surface area contributed by atoms with E-state index in [1.54, 1.807) is 19.3 Å². The van der Waals surface area contributed by atoms with Crippen molar-refractivity contribution in [3.05, 3.63) is 70.1 Å². The Kier molecular flexibility index (Phi) is 6.23. The van der Waals surface area contributed by atoms with Crippen molar-refractivity contribution in [2.24, 2.45) is 13.0 Å². The monoisotopic (exact) mass is 353 g/mol. The number of hydrogen-bond donors (Lipinski definition) is 1. The van der Waals surface area contributed by atoms with Crippen LogP contribution < -0.4 is 10.9 Å². The number of piperidine rings is 1. The zero-order chi connectivity index (χ0) is 18.4. The Bertz CT molecular complexity index is 777. The molecule has 1 N–H and O–H groups in total. The topological polar surface area (TPSA) is 54.3 Å². The van der Waals surface area contributed by atoms with Crippen molar-refractivity contribution in [2.75, 3.05) is 26.2 Å². The van der Waals surface area contributed by atoms with Gasteiger partial charge in [-0.1, -0.05) is 30.3 Å². The number of likely N-dealkylation sites (tertiary alicyclic amines) is 1. The van der Waals surface area contributed by atoms with Gasteiger partial charge in [-0.3, -0.25) is 9.59 Å². The third kappa shape index (κ3) is 5.05. The molecular formula is C21H27N3O2. The molecule has 1 aromatic heterocycles. The van der Waals surface area contributed by atoms with Gasteiger partial charge in [-0.2, -0.15) is 0 Å². The number of carbonyl (C=O) groups excluding carboxylic acids is 1. The number of aromatic nitrogens is 1. The Balaban J connectivity index is 1.39. The average Bonchev–Trinajstić information content (AvgIpc) is 2.68. The fourth-order valence-corrected chi connectivity index (χ4v) is 3.41. The average molecular weight is 353 g/mol. The number of pyridine rings is 1. The van der Waals surface area contributed by atoms with Gasteiger partial charge in [-0.05, 0) is 49.9 Å². The first kappa shape index (κ1) is 18.4. The van der Waals surface area contributed by atoms with Crippen molar-refractivity contribution in [2.45, 2.75) is 19.3 Å². The Morgan fingerprint density at radius 1 is 1.12 bits per heavy atom. The second-order valence-electron chi connectivity index (χ2n) is 7.10. The molecule has 1 amide bonds. The van der Waals surface area contributed by atoms with Gasteiger partial charge in [-0.15, -0.1) is 0 Å². The van der Waals surface area contributed by atoms with Crippen LogP contribution >= 0.6 is 0 Å². The highest BCUT2D eigenvalue weighted by Crippen LogP contribution is 2.17. The van der Waals surface area contributed by atoms with Gasteiger partial charge < -0.3 is 14.8 Å². The van der Waals surface area contributed by atoms with Crippen LogP contribution in [-0.4, -0.2) is 41.6 Å². The highest BCUT2D eigenvalue weighted by molar-refractivity contribution is 5.93. The lowest BCUT2D eigenvalue weighted by molar-refractivity contribution is 0.0935. The maximum Gasteiger partial charge on any atom is 0.252 e. The summed E-state index contributed by atoms with van der Waals surface area (Å²) in [7, 11) is 1.66. The molecule has 0 aliphatic carbocycles. The lowest BCUT2D eigenvalue weighted by Crippen LogP contribution is -2.39. The van der Waals surface area contributed by atoms with E-state index in [9.17, 15) is 9.59 Å². The van der Waals surface area contributed by atoms with Crippen LogP contribution in [-0.2, 0) is 13.5 Å². The highest BCUT2D eigenvalue weighted by atomic mass is 16.2. The van der Waals surface area contributed by atoms with Gasteiger partial charge in [-0.25, -0.2) is 0 Å². The van der Waals surface area contributed by atoms with Crippen LogP contribution in [0, 0.1) is 5.92 Å². The van der Waals surface area contributed by atoms with E-state index in [1.165, 1.54) is 16.2 Å². The quantitative estimate of drug-likeness (QED) is 0.865. The van der Waals surface area contributed by atoms with Gasteiger partial charge in [0.2, 0.25) is 5.56 Å². The molecule has 138 valence electrons. The molecule has 2 heterocycles. The van der Waals surface area contributed by atoms with E-state index < -0.39 is 0 Å². The molecular weight excluding hydrogens is 326 g/mol. The Hall–Kier alpha value is -2.40. The summed E-state index contributed by atoms with van der Waals surface area (Å²) >= 11 is 0. The van der Waals surface area contributed by atoms with Gasteiger partial charge in [0.25, 0.3) is 5.91 Å². The Morgan fingerprint density at radius 3 is 2.54 bits per heavy atom. The van der Waals surface area contributed by atoms with Gasteiger partial charge in [0.15, 0.2) is 0 Å². The number of amides is 1. The van der Waals surface area contributed by atoms with Crippen molar-refractivity contribution < 1.29 is 4.79 Å². The molecule has 2 aromatic rings. The molecule has 0 unspecified atom stereocenters. The third-order valence-electron chi connectivity index (χ3n) is 5.17. The molecule has 1 aromatic carbocycles. The number of nitrogens with zero attached hydrogens (tertiary/aromatic N) is 2. The predicted molar refractivity (Wildman–Crippen MR) is 103 cm³/mol. The van der Waals surface area contributed by atoms with Crippen molar-refractivity contribution in [3.63, 3.8) is 0 Å². The van der Waals surface area contributed by atoms with Crippen molar-refractivity contribution in [1.82, 2.24) is 14.8 Å². The molecule has 1 aliphatic heterocycles. The lowest BCUT2D eigenvalue weighted by atomic mass is 9.96. The van der Waals surface area contributed by atoms with E-state index in [1.807, 2.05) is 0 Å². The second kappa shape index (κ2) is 8.81. The minimum Gasteiger partial charge on any atom is -0.352 e. The maximum absolute atomic E-state index is 12.2. The highest BCUT2D eigenvalue weighted by Gasteiger charge is 2.19. The molecule has 0 radical (unpaired) electrons. The molecule has 1 fully saturated rings. The molecule has 26 heavy (non-hydrogen) atoms. The molecule has 0 spiro atoms. The second-order valence-corrected chi connectivity index (χ2v) is 7.10. The standard InChI is InChI=1S/C21H27N3O2/c1-23-16-19(7-8-20(23)25)21(26)22-15-18-10-13-24(14-11-18)12-9-17-5-3-2-4-6-17/h2-8,16,18H,9-15H2,1H3,(H,22,26). The summed E-state index contributed by atoms with van der Waals surface area (Å²) in [6, 6.07) is 13.6. The van der Waals surface area contributed by atoms with Gasteiger partial charge >= 0.3 is 0 Å². The number of nitrogens with one attached hydrogen (secondary N) is 1. The SMILES string of the molecule is Cn1cc(C(=O)NCC2CCN(CCc3ccccc3)CC2)ccc1=O. The fourth-order valence-electron chi connectivity index (χ4n) is 3.41. The van der Waals surface area contributed by atoms with Gasteiger partial charge in [0.05, 0.1) is 5.56 Å². The van der Waals surface area contributed by atoms with E-state index in [2.05, 4.69) is 40.5 Å². The molecule has 0 bridgehead atoms. The zero-order valence-corrected chi connectivity index (χ0v) is 15.4. The molecule has 1 saturated heterocycles. The first-order valence-corrected chi connectivity index (χ1v) is 9.33. The third-order valence-corrected chi connectivity index (χ3v) is 5.17. The molecule has 0 atom stereocenters. The summed E-state index contributed by atoms with van der Waals surface area (Å²) in [5.41, 5.74) is 1.82. The Morgan fingerprint density at radius 2 is 1.85 bits per heavy atom. The van der Waals surface area contributed by atoms with Crippen LogP contribution in [0.1, 0.15) is 28.8 Å². The normalized spacial score (nSPS) is 15.7. The van der Waals surface area contributed by atoms with Crippen LogP contribution in [0.2, 0.25) is 0 Å². The van der Waals surface area contributed by atoms with E-state index in [0.717, 1.165) is 38.9 Å². The molecule has 1 aliphatic rings. The van der Waals surface area contributed by atoms with Crippen LogP contribution in [0.15, 0.2) is 53.5 Å². The van der Waals surface area contributed by atoms with Crippen LogP contribution in [0.5, 0.6) is 0 Å². The van der Waals surface area contributed by atoms with E-state index >= 15 is 0 Å². The number of hydrogen-bond acceptors (Lipinski definition) is 3. The summed E-state index contributed by atoms with van der Waals surface area (Å²) < 4.78 is 1.43. The molecule has 5 nitrogen and oxygen atoms in total. The summed E-state index contributed by atoms with van der Waals surface area (Å²) in [4.78, 5) is 26.2. The van der Waals surface area contributed by atoms with Crippen LogP contribution in [0.3, 0.4) is 0 Å². The molecule has 0 saturated carbocycles. The van der Waals surface area contributed by atoms with E-state index in [-0.39, 0.29) is 11.5 Å². The van der Waals surface area contributed by atoms with Gasteiger partial charge in [0.1, 0.15) is 0 Å². The summed E-state index contributed by atoms with van der Waals surface area (Å²) in [5, 5.41) is 3.02. The molecule has 3 rings (SSSR count). The number of aryl methyl sites for hydroxylation is 1. The number of benzene rings is 1. The minimum atomic E-state index is -0.107. The number of rotatable bonds is 6. The number of carbonyl (C=O) groups is 1. The van der Waals surface area contributed by atoms with Crippen LogP contribution in [0.4, 0.5) is 0 Å². The predicted octanol–water partition coefficient (Wildman–Crippen LogP) is 2.07. The van der Waals surface area contributed by atoms with Crippen molar-refractivity contribution in [3.8, 4) is 0 Å². The fraction of sp³-hybridized carbons (Fsp3) is 0.429. The zero-order valence-electron chi connectivity index (χ0n) is 15.4. The maximum atomic E-state index is 12.2. The first-order chi connectivity index (χ1) is 12.6. The Labute approximate surface area is 154 Å². The van der Waals surface area contributed by atoms with Crippen LogP contribution in [0.25, 0.3) is 0 Å². The van der Waals surface area contributed by atoms with Gasteiger partial charge in [0, 0.05) is 32.4 Å². The summed E-state index contributed by atoms with van der Waals surface area (Å²) in [6.07, 6.45) is 4.91. The van der Waals surface area contributed by atoms with Crippen molar-refractivity contribution in [1.29, 1.82) is 0 Å². The summed E-state index contributed by atoms with van der Waals surface area (Å²) in [5.74, 6) is 0.423. The van der Waals surface area contributed by atoms with E-state index in [4.69, 9.17) is 0 Å². The minimum absolute atomic E-state index is 0.105. The summed E-state index contributed by atoms with van der Waals surface area (Å²) in [6.45, 7) is 3.98. The lowest BCUT2D eigenvalue weighted by Gasteiger charge is -2.32. The smallest absolute Gasteiger partial charge is 0.252 e. The van der Waals surface area contributed by atoms with Crippen molar-refractivity contribution >= 4 is 5.91 Å². The molecule has 5 heteroatoms. The van der Waals surface area contributed by atoms with E-state index in [0.29, 0.717) is 18.0 Å².